The number of aliphatic carboxylic acids is 4. The summed E-state index contributed by atoms with van der Waals surface area (Å²) in [5, 5.41) is 29.7. The number of benzene rings is 3. The number of carboxylic acids is 4. The van der Waals surface area contributed by atoms with Crippen molar-refractivity contribution in [3.8, 4) is 17.2 Å². The van der Waals surface area contributed by atoms with Gasteiger partial charge in [-0.2, -0.15) is 0 Å². The van der Waals surface area contributed by atoms with Crippen molar-refractivity contribution < 1.29 is 112 Å². The summed E-state index contributed by atoms with van der Waals surface area (Å²) in [6.45, 7) is 10.8. The molecule has 5 aliphatic rings. The second-order valence-corrected chi connectivity index (χ2v) is 16.1. The first-order valence-corrected chi connectivity index (χ1v) is 21.2. The van der Waals surface area contributed by atoms with Crippen LogP contribution in [0.3, 0.4) is 0 Å². The number of hydrogen-bond donors (Lipinski definition) is 4. The van der Waals surface area contributed by atoms with Crippen LogP contribution in [0.2, 0.25) is 0 Å². The number of halogens is 3. The monoisotopic (exact) mass is 1250 g/mol. The second-order valence-electron chi connectivity index (χ2n) is 13.4. The molecule has 0 saturated heterocycles. The molecule has 3 heterocycles. The third-order valence-corrected chi connectivity index (χ3v) is 10.1. The first-order chi connectivity index (χ1) is 28.7. The fourth-order valence-corrected chi connectivity index (χ4v) is 7.56. The van der Waals surface area contributed by atoms with Gasteiger partial charge in [-0.1, -0.05) is 53.9 Å². The minimum absolute atomic E-state index is 0. The van der Waals surface area contributed by atoms with Gasteiger partial charge in [-0.05, 0) is 85.6 Å². The molecule has 3 aromatic rings. The molecule has 350 valence electrons. The van der Waals surface area contributed by atoms with E-state index in [0.29, 0.717) is 44.9 Å². The zero-order valence-corrected chi connectivity index (χ0v) is 43.0. The van der Waals surface area contributed by atoms with Gasteiger partial charge < -0.3 is 44.1 Å². The van der Waals surface area contributed by atoms with Crippen LogP contribution in [0.25, 0.3) is 6.08 Å². The molecular weight excluding hydrogens is 1200 g/mol. The van der Waals surface area contributed by atoms with Crippen molar-refractivity contribution in [3.63, 3.8) is 0 Å². The number of hydrogen-bond acceptors (Lipinski definition) is 11. The summed E-state index contributed by atoms with van der Waals surface area (Å²) >= 11 is 10.3. The zero-order chi connectivity index (χ0) is 46.0. The number of carbonyl (C=O) groups is 6. The predicted molar refractivity (Wildman–Crippen MR) is 234 cm³/mol. The summed E-state index contributed by atoms with van der Waals surface area (Å²) < 4.78 is 30.0. The summed E-state index contributed by atoms with van der Waals surface area (Å²) in [7, 11) is 0. The largest absolute Gasteiger partial charge is 0.493 e. The molecule has 0 bridgehead atoms. The van der Waals surface area contributed by atoms with Crippen LogP contribution in [0.1, 0.15) is 70.1 Å². The third kappa shape index (κ3) is 20.8. The van der Waals surface area contributed by atoms with Crippen LogP contribution < -0.4 is 14.2 Å². The molecule has 2 saturated carbocycles. The van der Waals surface area contributed by atoms with Crippen molar-refractivity contribution in [3.05, 3.63) is 90.8 Å². The van der Waals surface area contributed by atoms with Gasteiger partial charge in [0.25, 0.3) is 23.9 Å². The summed E-state index contributed by atoms with van der Waals surface area (Å²) in [5.74, 6) is 0.435. The quantitative estimate of drug-likeness (QED) is 0.141. The summed E-state index contributed by atoms with van der Waals surface area (Å²) in [4.78, 5) is 59.6. The van der Waals surface area contributed by atoms with E-state index in [0.717, 1.165) is 75.1 Å². The summed E-state index contributed by atoms with van der Waals surface area (Å²) in [6.07, 6.45) is 4.08. The van der Waals surface area contributed by atoms with E-state index in [1.807, 2.05) is 74.5 Å². The number of carbonyl (C=O) groups excluding carboxylic acids is 2. The Morgan fingerprint density at radius 3 is 1.25 bits per heavy atom. The number of fused-ring (bicyclic) bond motifs is 7. The molecule has 2 radical (unpaired) electrons. The van der Waals surface area contributed by atoms with E-state index in [-0.39, 0.29) is 74.6 Å². The van der Waals surface area contributed by atoms with Crippen LogP contribution >= 0.6 is 47.8 Å². The molecule has 3 aromatic carbocycles. The van der Waals surface area contributed by atoms with Gasteiger partial charge in [0.15, 0.2) is 0 Å². The number of esters is 2. The summed E-state index contributed by atoms with van der Waals surface area (Å²) in [6, 6.07) is 17.9. The van der Waals surface area contributed by atoms with Crippen LogP contribution in [0.4, 0.5) is 0 Å². The molecule has 4 N–H and O–H groups in total. The Labute approximate surface area is 416 Å². The Kier molecular flexibility index (Phi) is 28.0. The molecule has 2 fully saturated rings. The van der Waals surface area contributed by atoms with Gasteiger partial charge in [0.2, 0.25) is 0 Å². The van der Waals surface area contributed by atoms with E-state index in [9.17, 15) is 9.59 Å². The average molecular weight is 1250 g/mol. The first kappa shape index (κ1) is 59.3. The maximum absolute atomic E-state index is 11.8. The van der Waals surface area contributed by atoms with E-state index in [1.165, 1.54) is 0 Å². The number of ether oxygens (including phenoxy) is 5. The molecule has 2 aliphatic carbocycles. The maximum atomic E-state index is 11.8. The van der Waals surface area contributed by atoms with Gasteiger partial charge in [0.05, 0.1) is 38.3 Å². The van der Waals surface area contributed by atoms with Gasteiger partial charge in [-0.25, -0.2) is 0 Å². The number of rotatable bonds is 4. The standard InChI is InChI=1S/2C13H13BrO3.C9H7BrO.4C2H4O2.2Rh/c2*1-2-16-13(15)12-9-6-17-10-4-3-7(14)5-8(10)11(9)12;10-8-3-4-9-7(6-8)2-1-5-11-9;4*1-2(3)4;;/h2*3-5,9,11-12H,2,6H2,1H3;1-4,6H,5H2;4*1H3,(H,3,4);;/t9-,11+,12+;9-,11+,12-;;;;;;;/m00......./s1. The number of carboxylic acid groups (broad SMARTS) is 4. The molecule has 15 nitrogen and oxygen atoms in total. The molecule has 63 heavy (non-hydrogen) atoms. The Hall–Kier alpha value is -3.69. The summed E-state index contributed by atoms with van der Waals surface area (Å²) in [5.41, 5.74) is 3.41. The van der Waals surface area contributed by atoms with Gasteiger partial charge in [-0.3, -0.25) is 28.8 Å². The molecule has 3 aliphatic heterocycles. The van der Waals surface area contributed by atoms with Crippen molar-refractivity contribution >= 4 is 89.7 Å². The average Bonchev–Trinajstić information content (AvgIpc) is 4.08. The van der Waals surface area contributed by atoms with Gasteiger partial charge in [0.1, 0.15) is 23.9 Å². The molecule has 20 heteroatoms. The van der Waals surface area contributed by atoms with Crippen LogP contribution in [-0.4, -0.2) is 89.3 Å². The maximum Gasteiger partial charge on any atom is 0.309 e. The van der Waals surface area contributed by atoms with Crippen molar-refractivity contribution in [1.82, 2.24) is 0 Å². The topological polar surface area (TPSA) is 229 Å². The Morgan fingerprint density at radius 2 is 0.905 bits per heavy atom. The Morgan fingerprint density at radius 1 is 0.571 bits per heavy atom. The fourth-order valence-electron chi connectivity index (χ4n) is 6.42. The van der Waals surface area contributed by atoms with Crippen molar-refractivity contribution in [2.45, 2.75) is 53.4 Å². The van der Waals surface area contributed by atoms with Crippen molar-refractivity contribution in [2.75, 3.05) is 33.0 Å². The molecule has 0 aromatic heterocycles. The predicted octanol–water partition coefficient (Wildman–Crippen LogP) is 8.68. The van der Waals surface area contributed by atoms with Crippen LogP contribution in [0.5, 0.6) is 17.2 Å². The Balaban J connectivity index is 0.000000781. The molecule has 8 rings (SSSR count). The van der Waals surface area contributed by atoms with Gasteiger partial charge in [0, 0.05) is 109 Å². The van der Waals surface area contributed by atoms with Crippen molar-refractivity contribution in [1.29, 1.82) is 0 Å². The minimum Gasteiger partial charge on any atom is -0.493 e. The second kappa shape index (κ2) is 29.7. The minimum atomic E-state index is -0.833. The molecule has 0 unspecified atom stereocenters. The van der Waals surface area contributed by atoms with Crippen LogP contribution in [0.15, 0.2) is 74.1 Å². The smallest absolute Gasteiger partial charge is 0.309 e. The van der Waals surface area contributed by atoms with Gasteiger partial charge >= 0.3 is 11.9 Å². The van der Waals surface area contributed by atoms with E-state index >= 15 is 0 Å². The molecule has 0 amide bonds. The third-order valence-electron chi connectivity index (χ3n) is 8.58. The van der Waals surface area contributed by atoms with E-state index in [1.54, 1.807) is 0 Å². The fraction of sp³-hybridized carbons (Fsp3) is 0.395. The SMILES string of the molecule is Brc1ccc2c(c1)C=CCO2.CC(=O)O.CC(=O)O.CC(=O)O.CC(=O)O.CCOC(=O)[C@@H]1[C@H]2COc3ccc(Br)cc3[C@H]21.CCOC(=O)[C@H]1[C@H]2COc3ccc(Br)cc3[C@H]21.[Rh].[Rh]. The van der Waals surface area contributed by atoms with E-state index in [2.05, 4.69) is 53.9 Å². The molecular formula is C43H49Br3O15Rh2. The van der Waals surface area contributed by atoms with E-state index < -0.39 is 23.9 Å². The van der Waals surface area contributed by atoms with Crippen LogP contribution in [0, 0.1) is 23.7 Å². The Bertz CT molecular complexity index is 1900. The van der Waals surface area contributed by atoms with Gasteiger partial charge in [-0.15, -0.1) is 0 Å². The zero-order valence-electron chi connectivity index (χ0n) is 34.9. The first-order valence-electron chi connectivity index (χ1n) is 18.8. The van der Waals surface area contributed by atoms with E-state index in [4.69, 9.17) is 63.3 Å². The van der Waals surface area contributed by atoms with Crippen LogP contribution in [-0.2, 0) is 77.2 Å². The molecule has 6 atom stereocenters. The van der Waals surface area contributed by atoms with Crippen molar-refractivity contribution in [2.24, 2.45) is 23.7 Å². The normalized spacial score (nSPS) is 19.5. The molecule has 0 spiro atoms.